The van der Waals surface area contributed by atoms with Gasteiger partial charge in [0.1, 0.15) is 10.7 Å². The number of piperidine rings is 1. The van der Waals surface area contributed by atoms with Gasteiger partial charge in [-0.2, -0.15) is 0 Å². The van der Waals surface area contributed by atoms with Crippen LogP contribution in [0, 0.1) is 0 Å². The van der Waals surface area contributed by atoms with Gasteiger partial charge in [-0.15, -0.1) is 36.2 Å². The average molecular weight is 473 g/mol. The standard InChI is InChI=1S/C21H28N4O2S.2ClH/c1-24-9-7-21(8-10-24)15-25(11-12-27-21)20(26)18-14-28-19(23-18)17(22)13-16-5-3-2-4-6-16;;/h2-6,14,17H,7-13,15,22H2,1H3;2*1H/t17-;;/m0../s1. The van der Waals surface area contributed by atoms with Crippen LogP contribution in [-0.4, -0.2) is 66.1 Å². The van der Waals surface area contributed by atoms with Gasteiger partial charge >= 0.3 is 0 Å². The Morgan fingerprint density at radius 3 is 2.63 bits per heavy atom. The molecule has 9 heteroatoms. The van der Waals surface area contributed by atoms with Crippen LogP contribution in [-0.2, 0) is 11.2 Å². The first-order chi connectivity index (χ1) is 13.5. The van der Waals surface area contributed by atoms with Gasteiger partial charge in [0.2, 0.25) is 0 Å². The number of morpholine rings is 1. The van der Waals surface area contributed by atoms with Gasteiger partial charge in [0.05, 0.1) is 24.8 Å². The van der Waals surface area contributed by atoms with E-state index in [1.807, 2.05) is 28.5 Å². The summed E-state index contributed by atoms with van der Waals surface area (Å²) in [6.07, 6.45) is 2.66. The highest BCUT2D eigenvalue weighted by Crippen LogP contribution is 2.30. The number of nitrogens with zero attached hydrogens (tertiary/aromatic N) is 3. The number of likely N-dealkylation sites (tertiary alicyclic amines) is 1. The fourth-order valence-corrected chi connectivity index (χ4v) is 4.82. The van der Waals surface area contributed by atoms with Gasteiger partial charge in [-0.1, -0.05) is 30.3 Å². The summed E-state index contributed by atoms with van der Waals surface area (Å²) < 4.78 is 6.12. The molecule has 1 amide bonds. The molecule has 2 fully saturated rings. The molecule has 2 N–H and O–H groups in total. The van der Waals surface area contributed by atoms with Crippen molar-refractivity contribution in [3.8, 4) is 0 Å². The van der Waals surface area contributed by atoms with Crippen LogP contribution in [0.1, 0.15) is 39.9 Å². The molecule has 2 aromatic rings. The second kappa shape index (κ2) is 10.9. The summed E-state index contributed by atoms with van der Waals surface area (Å²) in [6.45, 7) is 3.90. The minimum atomic E-state index is -0.195. The lowest BCUT2D eigenvalue weighted by Gasteiger charge is -2.46. The summed E-state index contributed by atoms with van der Waals surface area (Å²) >= 11 is 1.48. The predicted octanol–water partition coefficient (Wildman–Crippen LogP) is 3.17. The molecule has 6 nitrogen and oxygen atoms in total. The number of ether oxygens (including phenoxy) is 1. The number of aromatic nitrogens is 1. The van der Waals surface area contributed by atoms with Crippen molar-refractivity contribution in [2.75, 3.05) is 39.8 Å². The maximum absolute atomic E-state index is 13.0. The van der Waals surface area contributed by atoms with Crippen LogP contribution in [0.4, 0.5) is 0 Å². The monoisotopic (exact) mass is 472 g/mol. The van der Waals surface area contributed by atoms with Gasteiger partial charge in [0.15, 0.2) is 0 Å². The van der Waals surface area contributed by atoms with Crippen molar-refractivity contribution in [1.29, 1.82) is 0 Å². The molecular weight excluding hydrogens is 443 g/mol. The van der Waals surface area contributed by atoms with Crippen LogP contribution in [0.5, 0.6) is 0 Å². The van der Waals surface area contributed by atoms with Crippen molar-refractivity contribution in [2.24, 2.45) is 5.73 Å². The Hall–Kier alpha value is -1.22. The first-order valence-corrected chi connectivity index (χ1v) is 10.8. The zero-order valence-corrected chi connectivity index (χ0v) is 19.6. The third kappa shape index (κ3) is 5.72. The molecule has 166 valence electrons. The molecule has 1 spiro atoms. The molecule has 0 saturated carbocycles. The van der Waals surface area contributed by atoms with E-state index >= 15 is 0 Å². The van der Waals surface area contributed by atoms with Gasteiger partial charge < -0.3 is 20.3 Å². The van der Waals surface area contributed by atoms with E-state index in [0.29, 0.717) is 25.4 Å². The quantitative estimate of drug-likeness (QED) is 0.739. The fourth-order valence-electron chi connectivity index (χ4n) is 4.02. The van der Waals surface area contributed by atoms with E-state index in [2.05, 4.69) is 29.1 Å². The maximum atomic E-state index is 13.0. The Morgan fingerprint density at radius 1 is 1.23 bits per heavy atom. The largest absolute Gasteiger partial charge is 0.371 e. The Balaban J connectivity index is 0.00000160. The van der Waals surface area contributed by atoms with Gasteiger partial charge in [-0.25, -0.2) is 4.98 Å². The number of thiazole rings is 1. The van der Waals surface area contributed by atoms with Crippen LogP contribution in [0.3, 0.4) is 0 Å². The van der Waals surface area contributed by atoms with E-state index < -0.39 is 0 Å². The zero-order valence-electron chi connectivity index (χ0n) is 17.2. The normalized spacial score (nSPS) is 19.6. The summed E-state index contributed by atoms with van der Waals surface area (Å²) in [5.41, 5.74) is 7.83. The van der Waals surface area contributed by atoms with Gasteiger partial charge in [-0.05, 0) is 31.9 Å². The smallest absolute Gasteiger partial charge is 0.273 e. The van der Waals surface area contributed by atoms with E-state index in [9.17, 15) is 4.79 Å². The van der Waals surface area contributed by atoms with Gasteiger partial charge in [0.25, 0.3) is 5.91 Å². The molecule has 0 unspecified atom stereocenters. The third-order valence-corrected chi connectivity index (χ3v) is 6.77. The number of carbonyl (C=O) groups excluding carboxylic acids is 1. The number of rotatable bonds is 4. The number of benzene rings is 1. The van der Waals surface area contributed by atoms with E-state index in [4.69, 9.17) is 10.5 Å². The molecule has 0 radical (unpaired) electrons. The maximum Gasteiger partial charge on any atom is 0.273 e. The van der Waals surface area contributed by atoms with Crippen molar-refractivity contribution >= 4 is 42.1 Å². The first kappa shape index (κ1) is 25.0. The van der Waals surface area contributed by atoms with Crippen LogP contribution >= 0.6 is 36.2 Å². The number of amides is 1. The Labute approximate surface area is 194 Å². The van der Waals surface area contributed by atoms with Crippen molar-refractivity contribution < 1.29 is 9.53 Å². The second-order valence-corrected chi connectivity index (χ2v) is 8.82. The van der Waals surface area contributed by atoms with E-state index in [-0.39, 0.29) is 42.4 Å². The summed E-state index contributed by atoms with van der Waals surface area (Å²) in [7, 11) is 2.13. The number of hydrogen-bond acceptors (Lipinski definition) is 6. The lowest BCUT2D eigenvalue weighted by molar-refractivity contribution is -0.125. The summed E-state index contributed by atoms with van der Waals surface area (Å²) in [5, 5.41) is 2.66. The van der Waals surface area contributed by atoms with Gasteiger partial charge in [0, 0.05) is 25.0 Å². The molecule has 1 aromatic carbocycles. The molecule has 2 aliphatic heterocycles. The average Bonchev–Trinajstić information content (AvgIpc) is 3.21. The second-order valence-electron chi connectivity index (χ2n) is 7.93. The highest BCUT2D eigenvalue weighted by Gasteiger charge is 2.40. The predicted molar refractivity (Wildman–Crippen MR) is 125 cm³/mol. The van der Waals surface area contributed by atoms with Crippen LogP contribution in [0.15, 0.2) is 35.7 Å². The Bertz CT molecular complexity index is 812. The Kier molecular flexibility index (Phi) is 9.09. The molecule has 30 heavy (non-hydrogen) atoms. The topological polar surface area (TPSA) is 71.7 Å². The third-order valence-electron chi connectivity index (χ3n) is 5.79. The zero-order chi connectivity index (χ0) is 19.6. The summed E-state index contributed by atoms with van der Waals surface area (Å²) in [4.78, 5) is 21.9. The fraction of sp³-hybridized carbons (Fsp3) is 0.524. The number of nitrogens with two attached hydrogens (primary N) is 1. The van der Waals surface area contributed by atoms with Crippen LogP contribution < -0.4 is 5.73 Å². The van der Waals surface area contributed by atoms with E-state index in [1.54, 1.807) is 0 Å². The Morgan fingerprint density at radius 2 is 1.93 bits per heavy atom. The van der Waals surface area contributed by atoms with Crippen LogP contribution in [0.2, 0.25) is 0 Å². The van der Waals surface area contributed by atoms with Crippen molar-refractivity contribution in [3.63, 3.8) is 0 Å². The van der Waals surface area contributed by atoms with E-state index in [1.165, 1.54) is 16.9 Å². The molecule has 4 rings (SSSR count). The van der Waals surface area contributed by atoms with Crippen molar-refractivity contribution in [1.82, 2.24) is 14.8 Å². The molecule has 0 aliphatic carbocycles. The molecular formula is C21H30Cl2N4O2S. The minimum absolute atomic E-state index is 0. The van der Waals surface area contributed by atoms with Crippen molar-refractivity contribution in [3.05, 3.63) is 52.0 Å². The number of hydrogen-bond donors (Lipinski definition) is 1. The van der Waals surface area contributed by atoms with Crippen LogP contribution in [0.25, 0.3) is 0 Å². The lowest BCUT2D eigenvalue weighted by Crippen LogP contribution is -2.57. The molecule has 3 heterocycles. The SMILES string of the molecule is CN1CCC2(CC1)CN(C(=O)c1csc([C@@H](N)Cc3ccccc3)n1)CCO2.Cl.Cl. The minimum Gasteiger partial charge on any atom is -0.371 e. The first-order valence-electron chi connectivity index (χ1n) is 9.91. The molecule has 1 atom stereocenters. The molecule has 2 saturated heterocycles. The highest BCUT2D eigenvalue weighted by atomic mass is 35.5. The van der Waals surface area contributed by atoms with Gasteiger partial charge in [-0.3, -0.25) is 4.79 Å². The lowest BCUT2D eigenvalue weighted by atomic mass is 9.89. The molecule has 0 bridgehead atoms. The number of carbonyl (C=O) groups is 1. The molecule has 2 aliphatic rings. The summed E-state index contributed by atoms with van der Waals surface area (Å²) in [5.74, 6) is -0.00369. The van der Waals surface area contributed by atoms with E-state index in [0.717, 1.165) is 37.4 Å². The molecule has 1 aromatic heterocycles. The van der Waals surface area contributed by atoms with Crippen molar-refractivity contribution in [2.45, 2.75) is 30.9 Å². The highest BCUT2D eigenvalue weighted by molar-refractivity contribution is 7.09. The number of halogens is 2. The summed E-state index contributed by atoms with van der Waals surface area (Å²) in [6, 6.07) is 9.95.